The monoisotopic (exact) mass is 193 g/mol. The van der Waals surface area contributed by atoms with Crippen LogP contribution in [-0.4, -0.2) is 23.8 Å². The zero-order valence-corrected chi connectivity index (χ0v) is 8.06. The maximum atomic E-state index is 11.6. The highest BCUT2D eigenvalue weighted by atomic mass is 16.5. The molecule has 1 heterocycles. The standard InChI is InChI=1S/C10H11NO3/c1-7(10(13)14-2)9(12)8-5-3-4-6-11-8/h3-7H,1-2H3/t7-/m1/s1. The van der Waals surface area contributed by atoms with E-state index in [0.29, 0.717) is 0 Å². The molecule has 1 aromatic rings. The molecular formula is C10H11NO3. The summed E-state index contributed by atoms with van der Waals surface area (Å²) in [7, 11) is 1.25. The van der Waals surface area contributed by atoms with Gasteiger partial charge in [0.15, 0.2) is 5.78 Å². The van der Waals surface area contributed by atoms with Crippen molar-refractivity contribution < 1.29 is 14.3 Å². The second-order valence-electron chi connectivity index (χ2n) is 2.82. The maximum absolute atomic E-state index is 11.6. The molecule has 0 aliphatic heterocycles. The van der Waals surface area contributed by atoms with E-state index in [-0.39, 0.29) is 11.5 Å². The number of ether oxygens (including phenoxy) is 1. The van der Waals surface area contributed by atoms with Crippen LogP contribution in [0.5, 0.6) is 0 Å². The molecule has 1 atom stereocenters. The lowest BCUT2D eigenvalue weighted by molar-refractivity contribution is -0.143. The van der Waals surface area contributed by atoms with E-state index in [0.717, 1.165) is 0 Å². The van der Waals surface area contributed by atoms with Gasteiger partial charge in [0.25, 0.3) is 0 Å². The second-order valence-corrected chi connectivity index (χ2v) is 2.82. The van der Waals surface area contributed by atoms with Gasteiger partial charge in [-0.2, -0.15) is 0 Å². The summed E-state index contributed by atoms with van der Waals surface area (Å²) >= 11 is 0. The van der Waals surface area contributed by atoms with E-state index in [4.69, 9.17) is 0 Å². The summed E-state index contributed by atoms with van der Waals surface area (Å²) < 4.78 is 4.47. The zero-order valence-electron chi connectivity index (χ0n) is 8.06. The van der Waals surface area contributed by atoms with Crippen molar-refractivity contribution in [2.24, 2.45) is 5.92 Å². The van der Waals surface area contributed by atoms with E-state index in [2.05, 4.69) is 9.72 Å². The first-order valence-electron chi connectivity index (χ1n) is 4.20. The highest BCUT2D eigenvalue weighted by molar-refractivity contribution is 6.07. The van der Waals surface area contributed by atoms with Crippen LogP contribution in [0.4, 0.5) is 0 Å². The molecule has 0 aromatic carbocycles. The SMILES string of the molecule is COC(=O)[C@H](C)C(=O)c1ccccn1. The fraction of sp³-hybridized carbons (Fsp3) is 0.300. The van der Waals surface area contributed by atoms with Gasteiger partial charge in [0, 0.05) is 6.20 Å². The van der Waals surface area contributed by atoms with Crippen LogP contribution < -0.4 is 0 Å². The van der Waals surface area contributed by atoms with Crippen molar-refractivity contribution in [2.45, 2.75) is 6.92 Å². The molecule has 14 heavy (non-hydrogen) atoms. The molecule has 4 nitrogen and oxygen atoms in total. The van der Waals surface area contributed by atoms with Crippen molar-refractivity contribution in [1.82, 2.24) is 4.98 Å². The van der Waals surface area contributed by atoms with Crippen molar-refractivity contribution in [3.63, 3.8) is 0 Å². The summed E-state index contributed by atoms with van der Waals surface area (Å²) in [5, 5.41) is 0. The molecular weight excluding hydrogens is 182 g/mol. The third kappa shape index (κ3) is 2.16. The summed E-state index contributed by atoms with van der Waals surface area (Å²) in [5.41, 5.74) is 0.283. The summed E-state index contributed by atoms with van der Waals surface area (Å²) in [4.78, 5) is 26.5. The molecule has 0 bridgehead atoms. The average Bonchev–Trinajstić information content (AvgIpc) is 2.27. The van der Waals surface area contributed by atoms with Gasteiger partial charge in [0.1, 0.15) is 11.6 Å². The number of ketones is 1. The van der Waals surface area contributed by atoms with Gasteiger partial charge < -0.3 is 4.74 Å². The Kier molecular flexibility index (Phi) is 3.34. The lowest BCUT2D eigenvalue weighted by Gasteiger charge is -2.06. The quantitative estimate of drug-likeness (QED) is 0.409. The normalized spacial score (nSPS) is 11.9. The highest BCUT2D eigenvalue weighted by Crippen LogP contribution is 2.07. The number of carbonyl (C=O) groups is 2. The summed E-state index contributed by atoms with van der Waals surface area (Å²) in [5.74, 6) is -1.66. The molecule has 74 valence electrons. The predicted octanol–water partition coefficient (Wildman–Crippen LogP) is 1.07. The molecule has 0 aliphatic carbocycles. The van der Waals surface area contributed by atoms with Crippen molar-refractivity contribution in [3.05, 3.63) is 30.1 Å². The van der Waals surface area contributed by atoms with Crippen LogP contribution in [0, 0.1) is 5.92 Å². The fourth-order valence-electron chi connectivity index (χ4n) is 1.01. The smallest absolute Gasteiger partial charge is 0.316 e. The average molecular weight is 193 g/mol. The van der Waals surface area contributed by atoms with E-state index in [1.807, 2.05) is 0 Å². The van der Waals surface area contributed by atoms with Crippen LogP contribution in [0.2, 0.25) is 0 Å². The van der Waals surface area contributed by atoms with Crippen LogP contribution in [0.1, 0.15) is 17.4 Å². The second kappa shape index (κ2) is 4.50. The molecule has 0 aliphatic rings. The van der Waals surface area contributed by atoms with Crippen molar-refractivity contribution in [3.8, 4) is 0 Å². The number of aromatic nitrogens is 1. The van der Waals surface area contributed by atoms with Crippen LogP contribution in [0.3, 0.4) is 0 Å². The van der Waals surface area contributed by atoms with Gasteiger partial charge in [0.05, 0.1) is 7.11 Å². The molecule has 0 spiro atoms. The number of Topliss-reactive ketones (excluding diaryl/α,β-unsaturated/α-hetero) is 1. The largest absolute Gasteiger partial charge is 0.468 e. The minimum absolute atomic E-state index is 0.283. The summed E-state index contributed by atoms with van der Waals surface area (Å²) in [6.45, 7) is 1.50. The Balaban J connectivity index is 2.81. The topological polar surface area (TPSA) is 56.3 Å². The molecule has 0 radical (unpaired) electrons. The first-order valence-corrected chi connectivity index (χ1v) is 4.20. The van der Waals surface area contributed by atoms with E-state index < -0.39 is 11.9 Å². The fourth-order valence-corrected chi connectivity index (χ4v) is 1.01. The van der Waals surface area contributed by atoms with Crippen LogP contribution >= 0.6 is 0 Å². The number of nitrogens with zero attached hydrogens (tertiary/aromatic N) is 1. The molecule has 1 rings (SSSR count). The number of hydrogen-bond donors (Lipinski definition) is 0. The van der Waals surface area contributed by atoms with Crippen molar-refractivity contribution >= 4 is 11.8 Å². The predicted molar refractivity (Wildman–Crippen MR) is 49.7 cm³/mol. The Morgan fingerprint density at radius 2 is 2.14 bits per heavy atom. The first-order chi connectivity index (χ1) is 6.66. The molecule has 0 saturated heterocycles. The number of carbonyl (C=O) groups excluding carboxylic acids is 2. The van der Waals surface area contributed by atoms with E-state index in [9.17, 15) is 9.59 Å². The Labute approximate surface area is 81.9 Å². The Bertz CT molecular complexity index is 334. The Hall–Kier alpha value is -1.71. The zero-order chi connectivity index (χ0) is 10.6. The van der Waals surface area contributed by atoms with Gasteiger partial charge in [0.2, 0.25) is 0 Å². The number of pyridine rings is 1. The number of methoxy groups -OCH3 is 1. The molecule has 0 unspecified atom stereocenters. The van der Waals surface area contributed by atoms with Gasteiger partial charge in [-0.05, 0) is 19.1 Å². The summed E-state index contributed by atoms with van der Waals surface area (Å²) in [6.07, 6.45) is 1.51. The van der Waals surface area contributed by atoms with E-state index in [1.165, 1.54) is 20.2 Å². The van der Waals surface area contributed by atoms with Gasteiger partial charge >= 0.3 is 5.97 Å². The van der Waals surface area contributed by atoms with Gasteiger partial charge in [-0.3, -0.25) is 14.6 Å². The minimum Gasteiger partial charge on any atom is -0.468 e. The molecule has 0 N–H and O–H groups in total. The molecule has 1 aromatic heterocycles. The first kappa shape index (κ1) is 10.4. The highest BCUT2D eigenvalue weighted by Gasteiger charge is 2.23. The lowest BCUT2D eigenvalue weighted by Crippen LogP contribution is -2.23. The van der Waals surface area contributed by atoms with Crippen LogP contribution in [-0.2, 0) is 9.53 Å². The Morgan fingerprint density at radius 1 is 1.43 bits per heavy atom. The van der Waals surface area contributed by atoms with Crippen LogP contribution in [0.15, 0.2) is 24.4 Å². The maximum Gasteiger partial charge on any atom is 0.316 e. The van der Waals surface area contributed by atoms with Gasteiger partial charge in [-0.1, -0.05) is 6.07 Å². The van der Waals surface area contributed by atoms with E-state index in [1.54, 1.807) is 18.2 Å². The molecule has 0 saturated carbocycles. The molecule has 4 heteroatoms. The molecule has 0 fully saturated rings. The number of hydrogen-bond acceptors (Lipinski definition) is 4. The molecule has 0 amide bonds. The van der Waals surface area contributed by atoms with Crippen molar-refractivity contribution in [1.29, 1.82) is 0 Å². The third-order valence-corrected chi connectivity index (χ3v) is 1.87. The van der Waals surface area contributed by atoms with Gasteiger partial charge in [-0.25, -0.2) is 0 Å². The Morgan fingerprint density at radius 3 is 2.64 bits per heavy atom. The summed E-state index contributed by atoms with van der Waals surface area (Å²) in [6, 6.07) is 4.98. The minimum atomic E-state index is -0.796. The third-order valence-electron chi connectivity index (χ3n) is 1.87. The van der Waals surface area contributed by atoms with E-state index >= 15 is 0 Å². The van der Waals surface area contributed by atoms with Crippen molar-refractivity contribution in [2.75, 3.05) is 7.11 Å². The lowest BCUT2D eigenvalue weighted by atomic mass is 10.0. The number of rotatable bonds is 3. The number of esters is 1. The van der Waals surface area contributed by atoms with Gasteiger partial charge in [-0.15, -0.1) is 0 Å². The van der Waals surface area contributed by atoms with Crippen LogP contribution in [0.25, 0.3) is 0 Å².